The number of nitrogens with zero attached hydrogens (tertiary/aromatic N) is 3. The van der Waals surface area contributed by atoms with E-state index in [0.29, 0.717) is 23.4 Å². The number of H-pyrrole nitrogens is 1. The molecule has 0 unspecified atom stereocenters. The SMILES string of the molecule is O=C(Nc1ccc(OCc2noc(C3CC3)n2)cc1)[C@H]1CCCc2[nH]cnc21. The summed E-state index contributed by atoms with van der Waals surface area (Å²) >= 11 is 0. The van der Waals surface area contributed by atoms with E-state index in [4.69, 9.17) is 9.26 Å². The van der Waals surface area contributed by atoms with Crippen LogP contribution in [0.2, 0.25) is 0 Å². The summed E-state index contributed by atoms with van der Waals surface area (Å²) in [6.07, 6.45) is 6.67. The first-order valence-corrected chi connectivity index (χ1v) is 9.64. The van der Waals surface area contributed by atoms with E-state index in [0.717, 1.165) is 49.2 Å². The van der Waals surface area contributed by atoms with Gasteiger partial charge in [-0.15, -0.1) is 0 Å². The van der Waals surface area contributed by atoms with Gasteiger partial charge in [-0.25, -0.2) is 4.98 Å². The molecule has 1 fully saturated rings. The zero-order valence-electron chi connectivity index (χ0n) is 15.4. The van der Waals surface area contributed by atoms with Crippen molar-refractivity contribution < 1.29 is 14.1 Å². The molecule has 2 N–H and O–H groups in total. The Balaban J connectivity index is 1.18. The van der Waals surface area contributed by atoms with E-state index in [1.54, 1.807) is 6.33 Å². The highest BCUT2D eigenvalue weighted by Gasteiger charge is 2.30. The number of ether oxygens (including phenoxy) is 1. The molecule has 2 aliphatic carbocycles. The summed E-state index contributed by atoms with van der Waals surface area (Å²) in [7, 11) is 0. The molecule has 144 valence electrons. The second kappa shape index (κ2) is 7.10. The molecule has 1 atom stereocenters. The van der Waals surface area contributed by atoms with Gasteiger partial charge in [0, 0.05) is 17.3 Å². The molecule has 28 heavy (non-hydrogen) atoms. The van der Waals surface area contributed by atoms with Gasteiger partial charge >= 0.3 is 0 Å². The highest BCUT2D eigenvalue weighted by Crippen LogP contribution is 2.38. The third kappa shape index (κ3) is 3.49. The number of carbonyl (C=O) groups excluding carboxylic acids is 1. The summed E-state index contributed by atoms with van der Waals surface area (Å²) in [5.74, 6) is 2.14. The number of anilines is 1. The Morgan fingerprint density at radius 1 is 1.25 bits per heavy atom. The van der Waals surface area contributed by atoms with Crippen LogP contribution in [-0.2, 0) is 17.8 Å². The van der Waals surface area contributed by atoms with E-state index in [1.165, 1.54) is 0 Å². The summed E-state index contributed by atoms with van der Waals surface area (Å²) in [6, 6.07) is 7.29. The summed E-state index contributed by atoms with van der Waals surface area (Å²) in [6.45, 7) is 0.256. The Morgan fingerprint density at radius 3 is 2.93 bits per heavy atom. The molecule has 1 amide bonds. The predicted octanol–water partition coefficient (Wildman–Crippen LogP) is 3.31. The minimum atomic E-state index is -0.204. The van der Waals surface area contributed by atoms with Crippen LogP contribution < -0.4 is 10.1 Å². The monoisotopic (exact) mass is 379 g/mol. The topological polar surface area (TPSA) is 106 Å². The number of carbonyl (C=O) groups is 1. The zero-order chi connectivity index (χ0) is 18.9. The number of benzene rings is 1. The van der Waals surface area contributed by atoms with Crippen LogP contribution in [0, 0.1) is 0 Å². The lowest BCUT2D eigenvalue weighted by molar-refractivity contribution is -0.118. The van der Waals surface area contributed by atoms with E-state index in [2.05, 4.69) is 25.4 Å². The number of aromatic amines is 1. The molecule has 0 radical (unpaired) electrons. The number of hydrogen-bond acceptors (Lipinski definition) is 6. The van der Waals surface area contributed by atoms with Gasteiger partial charge in [0.15, 0.2) is 6.61 Å². The fraction of sp³-hybridized carbons (Fsp3) is 0.400. The first kappa shape index (κ1) is 17.0. The van der Waals surface area contributed by atoms with Crippen molar-refractivity contribution in [3.63, 3.8) is 0 Å². The van der Waals surface area contributed by atoms with E-state index in [9.17, 15) is 4.79 Å². The second-order valence-corrected chi connectivity index (χ2v) is 7.34. The van der Waals surface area contributed by atoms with Gasteiger partial charge in [0.05, 0.1) is 17.9 Å². The number of aromatic nitrogens is 4. The standard InChI is InChI=1S/C20H21N5O3/c26-19(15-2-1-3-16-18(15)22-11-21-16)23-13-6-8-14(9-7-13)27-10-17-24-20(28-25-17)12-4-5-12/h6-9,11-12,15H,1-5,10H2,(H,21,22)(H,23,26)/t15-/m0/s1. The Kier molecular flexibility index (Phi) is 4.31. The zero-order valence-corrected chi connectivity index (χ0v) is 15.4. The first-order chi connectivity index (χ1) is 13.8. The van der Waals surface area contributed by atoms with Crippen LogP contribution in [0.1, 0.15) is 60.6 Å². The van der Waals surface area contributed by atoms with Crippen molar-refractivity contribution in [2.75, 3.05) is 5.32 Å². The summed E-state index contributed by atoms with van der Waals surface area (Å²) in [5, 5.41) is 6.92. The molecule has 0 saturated heterocycles. The Bertz CT molecular complexity index is 974. The lowest BCUT2D eigenvalue weighted by atomic mass is 9.89. The average Bonchev–Trinajstić information content (AvgIpc) is 3.26. The summed E-state index contributed by atoms with van der Waals surface area (Å²) < 4.78 is 10.9. The number of aryl methyl sites for hydroxylation is 1. The smallest absolute Gasteiger partial charge is 0.233 e. The largest absolute Gasteiger partial charge is 0.485 e. The molecule has 0 spiro atoms. The maximum atomic E-state index is 12.7. The molecular weight excluding hydrogens is 358 g/mol. The molecule has 0 bridgehead atoms. The molecular formula is C20H21N5O3. The lowest BCUT2D eigenvalue weighted by Crippen LogP contribution is -2.24. The van der Waals surface area contributed by atoms with Crippen molar-refractivity contribution in [2.24, 2.45) is 0 Å². The van der Waals surface area contributed by atoms with Crippen molar-refractivity contribution >= 4 is 11.6 Å². The quantitative estimate of drug-likeness (QED) is 0.681. The minimum absolute atomic E-state index is 0.0267. The van der Waals surface area contributed by atoms with Crippen LogP contribution in [0.15, 0.2) is 35.1 Å². The van der Waals surface area contributed by atoms with E-state index in [-0.39, 0.29) is 18.4 Å². The molecule has 1 saturated carbocycles. The Morgan fingerprint density at radius 2 is 2.11 bits per heavy atom. The van der Waals surface area contributed by atoms with E-state index in [1.807, 2.05) is 24.3 Å². The molecule has 2 heterocycles. The highest BCUT2D eigenvalue weighted by atomic mass is 16.5. The van der Waals surface area contributed by atoms with E-state index < -0.39 is 0 Å². The lowest BCUT2D eigenvalue weighted by Gasteiger charge is -2.20. The third-order valence-electron chi connectivity index (χ3n) is 5.22. The van der Waals surface area contributed by atoms with Gasteiger partial charge in [0.1, 0.15) is 5.75 Å². The molecule has 2 aromatic heterocycles. The third-order valence-corrected chi connectivity index (χ3v) is 5.22. The van der Waals surface area contributed by atoms with Crippen LogP contribution >= 0.6 is 0 Å². The number of imidazole rings is 1. The van der Waals surface area contributed by atoms with Crippen molar-refractivity contribution in [3.8, 4) is 5.75 Å². The van der Waals surface area contributed by atoms with Crippen LogP contribution in [-0.4, -0.2) is 26.0 Å². The van der Waals surface area contributed by atoms with Crippen molar-refractivity contribution in [1.82, 2.24) is 20.1 Å². The first-order valence-electron chi connectivity index (χ1n) is 9.64. The van der Waals surface area contributed by atoms with Gasteiger partial charge in [-0.05, 0) is 56.4 Å². The normalized spacial score (nSPS) is 18.5. The molecule has 2 aliphatic rings. The predicted molar refractivity (Wildman–Crippen MR) is 99.9 cm³/mol. The molecule has 8 heteroatoms. The second-order valence-electron chi connectivity index (χ2n) is 7.34. The number of rotatable bonds is 6. The Labute approximate surface area is 161 Å². The molecule has 8 nitrogen and oxygen atoms in total. The van der Waals surface area contributed by atoms with Crippen LogP contribution in [0.25, 0.3) is 0 Å². The van der Waals surface area contributed by atoms with Gasteiger partial charge in [-0.2, -0.15) is 4.98 Å². The van der Waals surface area contributed by atoms with Crippen LogP contribution in [0.3, 0.4) is 0 Å². The van der Waals surface area contributed by atoms with Gasteiger partial charge in [-0.3, -0.25) is 4.79 Å². The van der Waals surface area contributed by atoms with Crippen LogP contribution in [0.5, 0.6) is 5.75 Å². The van der Waals surface area contributed by atoms with Gasteiger partial charge in [-0.1, -0.05) is 5.16 Å². The number of nitrogens with one attached hydrogen (secondary N) is 2. The van der Waals surface area contributed by atoms with Crippen LogP contribution in [0.4, 0.5) is 5.69 Å². The number of hydrogen-bond donors (Lipinski definition) is 2. The van der Waals surface area contributed by atoms with Gasteiger partial charge in [0.2, 0.25) is 17.6 Å². The van der Waals surface area contributed by atoms with Crippen molar-refractivity contribution in [1.29, 1.82) is 0 Å². The fourth-order valence-electron chi connectivity index (χ4n) is 3.54. The number of amides is 1. The van der Waals surface area contributed by atoms with Crippen molar-refractivity contribution in [2.45, 2.75) is 50.5 Å². The highest BCUT2D eigenvalue weighted by molar-refractivity contribution is 5.95. The molecule has 3 aromatic rings. The maximum absolute atomic E-state index is 12.7. The molecule has 5 rings (SSSR count). The maximum Gasteiger partial charge on any atom is 0.233 e. The molecule has 0 aliphatic heterocycles. The van der Waals surface area contributed by atoms with E-state index >= 15 is 0 Å². The number of fused-ring (bicyclic) bond motifs is 1. The summed E-state index contributed by atoms with van der Waals surface area (Å²) in [5.41, 5.74) is 2.67. The molecule has 1 aromatic carbocycles. The Hall–Kier alpha value is -3.16. The summed E-state index contributed by atoms with van der Waals surface area (Å²) in [4.78, 5) is 24.5. The van der Waals surface area contributed by atoms with Gasteiger partial charge < -0.3 is 19.6 Å². The van der Waals surface area contributed by atoms with Gasteiger partial charge in [0.25, 0.3) is 0 Å². The van der Waals surface area contributed by atoms with Crippen molar-refractivity contribution in [3.05, 3.63) is 53.7 Å². The fourth-order valence-corrected chi connectivity index (χ4v) is 3.54. The average molecular weight is 379 g/mol. The minimum Gasteiger partial charge on any atom is -0.485 e.